The quantitative estimate of drug-likeness (QED) is 0.499. The molecule has 9 heteroatoms. The molecular weight excluding hydrogens is 456 g/mol. The van der Waals surface area contributed by atoms with Gasteiger partial charge in [-0.3, -0.25) is 14.4 Å². The maximum absolute atomic E-state index is 13.2. The number of nitrogens with two attached hydrogens (primary N) is 1. The molecule has 1 aliphatic carbocycles. The second kappa shape index (κ2) is 9.27. The molecule has 8 nitrogen and oxygen atoms in total. The van der Waals surface area contributed by atoms with E-state index in [0.717, 1.165) is 24.0 Å². The molecule has 1 unspecified atom stereocenters. The Morgan fingerprint density at radius 3 is 2.59 bits per heavy atom. The van der Waals surface area contributed by atoms with Crippen LogP contribution >= 0.6 is 11.6 Å². The lowest BCUT2D eigenvalue weighted by molar-refractivity contribution is -0.123. The molecule has 1 heterocycles. The van der Waals surface area contributed by atoms with E-state index in [1.54, 1.807) is 49.2 Å². The number of phenols is 1. The van der Waals surface area contributed by atoms with Crippen molar-refractivity contribution >= 4 is 29.3 Å². The third-order valence-corrected chi connectivity index (χ3v) is 7.20. The largest absolute Gasteiger partial charge is 0.506 e. The molecule has 2 aliphatic rings. The summed E-state index contributed by atoms with van der Waals surface area (Å²) in [6.07, 6.45) is 2.17. The molecule has 0 aromatic heterocycles. The van der Waals surface area contributed by atoms with E-state index in [2.05, 4.69) is 10.6 Å². The number of aromatic hydroxyl groups is 1. The summed E-state index contributed by atoms with van der Waals surface area (Å²) >= 11 is 5.95. The van der Waals surface area contributed by atoms with Gasteiger partial charge in [0.25, 0.3) is 11.8 Å². The van der Waals surface area contributed by atoms with Gasteiger partial charge in [0.05, 0.1) is 17.1 Å². The summed E-state index contributed by atoms with van der Waals surface area (Å²) in [5.41, 5.74) is 8.58. The van der Waals surface area contributed by atoms with Gasteiger partial charge in [0.1, 0.15) is 5.75 Å². The van der Waals surface area contributed by atoms with Gasteiger partial charge in [0.15, 0.2) is 0 Å². The van der Waals surface area contributed by atoms with Crippen LogP contribution < -0.4 is 16.4 Å². The Morgan fingerprint density at radius 1 is 1.24 bits per heavy atom. The first-order valence-electron chi connectivity index (χ1n) is 11.3. The van der Waals surface area contributed by atoms with Crippen LogP contribution in [0.1, 0.15) is 44.7 Å². The summed E-state index contributed by atoms with van der Waals surface area (Å²) in [7, 11) is 1.57. The van der Waals surface area contributed by atoms with Crippen LogP contribution in [0.25, 0.3) is 0 Å². The summed E-state index contributed by atoms with van der Waals surface area (Å²) in [5.74, 6) is -0.602. The first-order chi connectivity index (χ1) is 16.1. The van der Waals surface area contributed by atoms with Gasteiger partial charge < -0.3 is 26.4 Å². The summed E-state index contributed by atoms with van der Waals surface area (Å²) in [6.45, 7) is 2.80. The van der Waals surface area contributed by atoms with Crippen molar-refractivity contribution in [1.29, 1.82) is 0 Å². The van der Waals surface area contributed by atoms with Crippen molar-refractivity contribution in [3.8, 4) is 5.75 Å². The van der Waals surface area contributed by atoms with Gasteiger partial charge >= 0.3 is 0 Å². The number of halogens is 1. The Hall–Kier alpha value is -3.10. The minimum absolute atomic E-state index is 0.0201. The average molecular weight is 485 g/mol. The number of carbonyl (C=O) groups is 3. The van der Waals surface area contributed by atoms with Crippen molar-refractivity contribution in [2.75, 3.05) is 20.1 Å². The maximum atomic E-state index is 13.2. The van der Waals surface area contributed by atoms with Gasteiger partial charge in [-0.2, -0.15) is 0 Å². The van der Waals surface area contributed by atoms with Crippen LogP contribution in [0, 0.1) is 12.3 Å². The molecule has 0 radical (unpaired) electrons. The Morgan fingerprint density at radius 2 is 1.97 bits per heavy atom. The summed E-state index contributed by atoms with van der Waals surface area (Å²) in [5, 5.41) is 15.4. The highest BCUT2D eigenvalue weighted by Crippen LogP contribution is 2.53. The van der Waals surface area contributed by atoms with E-state index in [1.807, 2.05) is 0 Å². The molecule has 3 amide bonds. The summed E-state index contributed by atoms with van der Waals surface area (Å²) in [4.78, 5) is 39.7. The number of aryl methyl sites for hydroxylation is 1. The Kier molecular flexibility index (Phi) is 6.55. The molecule has 2 aromatic rings. The molecule has 0 bridgehead atoms. The topological polar surface area (TPSA) is 125 Å². The Bertz CT molecular complexity index is 1150. The number of likely N-dealkylation sites (tertiary alicyclic amines) is 1. The lowest BCUT2D eigenvalue weighted by Crippen LogP contribution is -2.49. The molecule has 1 spiro atoms. The molecule has 5 N–H and O–H groups in total. The molecule has 180 valence electrons. The number of amides is 3. The third-order valence-electron chi connectivity index (χ3n) is 6.89. The Balaban J connectivity index is 1.40. The normalized spacial score (nSPS) is 19.1. The molecule has 2 atom stereocenters. The second-order valence-corrected chi connectivity index (χ2v) is 9.72. The fourth-order valence-electron chi connectivity index (χ4n) is 4.66. The van der Waals surface area contributed by atoms with E-state index < -0.39 is 6.04 Å². The van der Waals surface area contributed by atoms with E-state index in [1.165, 1.54) is 6.07 Å². The van der Waals surface area contributed by atoms with E-state index in [4.69, 9.17) is 17.3 Å². The maximum Gasteiger partial charge on any atom is 0.253 e. The van der Waals surface area contributed by atoms with Crippen LogP contribution in [0.15, 0.2) is 36.4 Å². The highest BCUT2D eigenvalue weighted by Gasteiger charge is 2.56. The van der Waals surface area contributed by atoms with E-state index >= 15 is 0 Å². The predicted octanol–water partition coefficient (Wildman–Crippen LogP) is 2.00. The van der Waals surface area contributed by atoms with Crippen molar-refractivity contribution in [2.24, 2.45) is 11.1 Å². The molecule has 1 aliphatic heterocycles. The van der Waals surface area contributed by atoms with E-state index in [0.29, 0.717) is 24.2 Å². The molecule has 4 rings (SSSR count). The summed E-state index contributed by atoms with van der Waals surface area (Å²) < 4.78 is 0. The molecule has 1 saturated carbocycles. The standard InChI is InChI=1S/C25H29ClN4O4/c1-14-9-16(4-5-17(14)22(32)28-2)24(34)30-12-21(25(13-30)7-8-25)29-23(33)19(27)11-15-3-6-20(31)18(26)10-15/h3-6,9-10,19,21,31H,7-8,11-13,27H2,1-2H3,(H,28,32)(H,29,33)/t19-,21?/m0/s1. The number of phenolic OH excluding ortho intramolecular Hbond substituents is 1. The van der Waals surface area contributed by atoms with E-state index in [-0.39, 0.29) is 46.4 Å². The van der Waals surface area contributed by atoms with Crippen LogP contribution in [0.4, 0.5) is 0 Å². The highest BCUT2D eigenvalue weighted by atomic mass is 35.5. The number of rotatable bonds is 6. The predicted molar refractivity (Wildman–Crippen MR) is 129 cm³/mol. The molecular formula is C25H29ClN4O4. The molecule has 34 heavy (non-hydrogen) atoms. The van der Waals surface area contributed by atoms with Gasteiger partial charge in [-0.05, 0) is 67.6 Å². The first kappa shape index (κ1) is 24.0. The van der Waals surface area contributed by atoms with Crippen LogP contribution in [0.5, 0.6) is 5.75 Å². The average Bonchev–Trinajstić information content (AvgIpc) is 3.50. The van der Waals surface area contributed by atoms with Crippen molar-refractivity contribution in [2.45, 2.75) is 38.3 Å². The van der Waals surface area contributed by atoms with Crippen LogP contribution in [-0.4, -0.2) is 59.9 Å². The zero-order valence-electron chi connectivity index (χ0n) is 19.2. The Labute approximate surface area is 203 Å². The van der Waals surface area contributed by atoms with Gasteiger partial charge in [-0.1, -0.05) is 17.7 Å². The fraction of sp³-hybridized carbons (Fsp3) is 0.400. The number of nitrogens with one attached hydrogen (secondary N) is 2. The van der Waals surface area contributed by atoms with Gasteiger partial charge in [-0.25, -0.2) is 0 Å². The first-order valence-corrected chi connectivity index (χ1v) is 11.7. The van der Waals surface area contributed by atoms with Crippen molar-refractivity contribution < 1.29 is 19.5 Å². The number of carbonyl (C=O) groups excluding carboxylic acids is 3. The zero-order chi connectivity index (χ0) is 24.6. The third kappa shape index (κ3) is 4.74. The monoisotopic (exact) mass is 484 g/mol. The van der Waals surface area contributed by atoms with Crippen LogP contribution in [0.3, 0.4) is 0 Å². The highest BCUT2D eigenvalue weighted by molar-refractivity contribution is 6.32. The summed E-state index contributed by atoms with van der Waals surface area (Å²) in [6, 6.07) is 8.89. The van der Waals surface area contributed by atoms with Crippen molar-refractivity contribution in [3.63, 3.8) is 0 Å². The number of hydrogen-bond acceptors (Lipinski definition) is 5. The van der Waals surface area contributed by atoms with Crippen LogP contribution in [0.2, 0.25) is 5.02 Å². The lowest BCUT2D eigenvalue weighted by atomic mass is 9.99. The lowest BCUT2D eigenvalue weighted by Gasteiger charge is -2.21. The fourth-order valence-corrected chi connectivity index (χ4v) is 4.86. The number of benzene rings is 2. The molecule has 1 saturated heterocycles. The van der Waals surface area contributed by atoms with E-state index in [9.17, 15) is 19.5 Å². The number of nitrogens with zero attached hydrogens (tertiary/aromatic N) is 1. The van der Waals surface area contributed by atoms with Crippen molar-refractivity contribution in [1.82, 2.24) is 15.5 Å². The second-order valence-electron chi connectivity index (χ2n) is 9.31. The van der Waals surface area contributed by atoms with Gasteiger partial charge in [0, 0.05) is 36.7 Å². The minimum atomic E-state index is -0.777. The molecule has 2 fully saturated rings. The van der Waals surface area contributed by atoms with Gasteiger partial charge in [-0.15, -0.1) is 0 Å². The van der Waals surface area contributed by atoms with Crippen LogP contribution in [-0.2, 0) is 11.2 Å². The van der Waals surface area contributed by atoms with Gasteiger partial charge in [0.2, 0.25) is 5.91 Å². The SMILES string of the molecule is CNC(=O)c1ccc(C(=O)N2CC(NC(=O)[C@@H](N)Cc3ccc(O)c(Cl)c3)C3(CC3)C2)cc1C. The van der Waals surface area contributed by atoms with Crippen molar-refractivity contribution in [3.05, 3.63) is 63.7 Å². The zero-order valence-corrected chi connectivity index (χ0v) is 20.0. The molecule has 2 aromatic carbocycles. The number of hydrogen-bond donors (Lipinski definition) is 4. The minimum Gasteiger partial charge on any atom is -0.506 e. The smallest absolute Gasteiger partial charge is 0.253 e.